The smallest absolute Gasteiger partial charge is 0.123 e. The lowest BCUT2D eigenvalue weighted by atomic mass is 10.1. The van der Waals surface area contributed by atoms with Crippen molar-refractivity contribution in [3.63, 3.8) is 0 Å². The van der Waals surface area contributed by atoms with Crippen LogP contribution >= 0.6 is 12.6 Å². The van der Waals surface area contributed by atoms with E-state index in [9.17, 15) is 0 Å². The van der Waals surface area contributed by atoms with Gasteiger partial charge in [-0.25, -0.2) is 0 Å². The van der Waals surface area contributed by atoms with Gasteiger partial charge >= 0.3 is 0 Å². The van der Waals surface area contributed by atoms with Crippen LogP contribution in [0.15, 0.2) is 41.6 Å². The highest BCUT2D eigenvalue weighted by atomic mass is 32.1. The van der Waals surface area contributed by atoms with Crippen molar-refractivity contribution in [3.8, 4) is 11.1 Å². The summed E-state index contributed by atoms with van der Waals surface area (Å²) in [5.41, 5.74) is 2.30. The maximum atomic E-state index is 4.53. The quantitative estimate of drug-likeness (QED) is 0.871. The topological polar surface area (TPSA) is 21.1 Å². The molecule has 0 amide bonds. The third-order valence-corrected chi connectivity index (χ3v) is 4.25. The van der Waals surface area contributed by atoms with Gasteiger partial charge in [0.25, 0.3) is 0 Å². The molecule has 106 valence electrons. The number of hydrogen-bond donors (Lipinski definition) is 1. The number of nitrogens with zero attached hydrogens (tertiary/aromatic N) is 3. The zero-order chi connectivity index (χ0) is 13.8. The number of thiol groups is 1. The number of benzene rings is 1. The lowest BCUT2D eigenvalue weighted by molar-refractivity contribution is 0.217. The van der Waals surface area contributed by atoms with E-state index in [-0.39, 0.29) is 0 Å². The van der Waals surface area contributed by atoms with Crippen LogP contribution in [0.3, 0.4) is 0 Å². The molecule has 2 heterocycles. The molecule has 1 aromatic carbocycles. The first-order valence-electron chi connectivity index (χ1n) is 7.37. The third-order valence-electron chi connectivity index (χ3n) is 3.92. The molecule has 0 unspecified atom stereocenters. The molecule has 1 fully saturated rings. The zero-order valence-electron chi connectivity index (χ0n) is 11.7. The molecule has 2 aromatic rings. The van der Waals surface area contributed by atoms with Crippen LogP contribution in [0, 0.1) is 0 Å². The van der Waals surface area contributed by atoms with Gasteiger partial charge in [0.2, 0.25) is 0 Å². The van der Waals surface area contributed by atoms with E-state index in [2.05, 4.69) is 41.0 Å². The molecule has 20 heavy (non-hydrogen) atoms. The molecule has 0 saturated carbocycles. The minimum Gasteiger partial charge on any atom is -0.301 e. The zero-order valence-corrected chi connectivity index (χ0v) is 12.6. The first-order chi connectivity index (χ1) is 9.83. The molecule has 1 aromatic heterocycles. The Morgan fingerprint density at radius 1 is 1.00 bits per heavy atom. The molecule has 3 rings (SSSR count). The fourth-order valence-electron chi connectivity index (χ4n) is 2.77. The Hall–Kier alpha value is -1.26. The molecular formula is C16H21N3S. The van der Waals surface area contributed by atoms with Crippen molar-refractivity contribution in [3.05, 3.63) is 36.5 Å². The van der Waals surface area contributed by atoms with Crippen LogP contribution in [0.25, 0.3) is 11.1 Å². The molecule has 0 spiro atoms. The lowest BCUT2D eigenvalue weighted by Crippen LogP contribution is -2.32. The van der Waals surface area contributed by atoms with Crippen LogP contribution in [0.5, 0.6) is 0 Å². The third kappa shape index (κ3) is 3.25. The standard InChI is InChI=1S/C16H21N3S/c20-16-15(14-7-3-1-4-8-14)13-19(17-16)12-11-18-9-5-2-6-10-18/h1,3-4,7-8,13H,2,5-6,9-12H2,(H,17,20). The van der Waals surface area contributed by atoms with Gasteiger partial charge in [-0.15, -0.1) is 12.6 Å². The van der Waals surface area contributed by atoms with Gasteiger partial charge in [-0.05, 0) is 31.5 Å². The van der Waals surface area contributed by atoms with Crippen LogP contribution in [-0.2, 0) is 6.54 Å². The summed E-state index contributed by atoms with van der Waals surface area (Å²) in [6.07, 6.45) is 6.18. The molecule has 1 saturated heterocycles. The molecule has 0 radical (unpaired) electrons. The number of piperidine rings is 1. The van der Waals surface area contributed by atoms with Crippen LogP contribution in [0.2, 0.25) is 0 Å². The highest BCUT2D eigenvalue weighted by Gasteiger charge is 2.11. The first-order valence-corrected chi connectivity index (χ1v) is 7.82. The fourth-order valence-corrected chi connectivity index (χ4v) is 3.08. The summed E-state index contributed by atoms with van der Waals surface area (Å²) in [4.78, 5) is 2.53. The predicted molar refractivity (Wildman–Crippen MR) is 85.2 cm³/mol. The average Bonchev–Trinajstić information content (AvgIpc) is 2.88. The minimum absolute atomic E-state index is 0.815. The second-order valence-electron chi connectivity index (χ2n) is 5.40. The van der Waals surface area contributed by atoms with Gasteiger partial charge in [-0.3, -0.25) is 4.68 Å². The number of aromatic nitrogens is 2. The molecule has 1 aliphatic rings. The van der Waals surface area contributed by atoms with E-state index < -0.39 is 0 Å². The van der Waals surface area contributed by atoms with Crippen molar-refractivity contribution in [2.45, 2.75) is 30.8 Å². The Morgan fingerprint density at radius 3 is 2.50 bits per heavy atom. The maximum Gasteiger partial charge on any atom is 0.123 e. The molecule has 0 bridgehead atoms. The number of hydrogen-bond acceptors (Lipinski definition) is 3. The Kier molecular flexibility index (Phi) is 4.43. The van der Waals surface area contributed by atoms with Crippen LogP contribution in [0.4, 0.5) is 0 Å². The van der Waals surface area contributed by atoms with Crippen molar-refractivity contribution >= 4 is 12.6 Å². The van der Waals surface area contributed by atoms with E-state index >= 15 is 0 Å². The van der Waals surface area contributed by atoms with Crippen molar-refractivity contribution in [1.82, 2.24) is 14.7 Å². The van der Waals surface area contributed by atoms with Gasteiger partial charge in [-0.2, -0.15) is 5.10 Å². The van der Waals surface area contributed by atoms with Gasteiger partial charge in [-0.1, -0.05) is 36.8 Å². The second-order valence-corrected chi connectivity index (χ2v) is 5.82. The van der Waals surface area contributed by atoms with E-state index in [0.717, 1.165) is 23.7 Å². The first kappa shape index (κ1) is 13.7. The summed E-state index contributed by atoms with van der Waals surface area (Å²) in [5, 5.41) is 5.34. The minimum atomic E-state index is 0.815. The van der Waals surface area contributed by atoms with Crippen molar-refractivity contribution in [1.29, 1.82) is 0 Å². The monoisotopic (exact) mass is 287 g/mol. The fraction of sp³-hybridized carbons (Fsp3) is 0.438. The van der Waals surface area contributed by atoms with Crippen LogP contribution in [0.1, 0.15) is 19.3 Å². The molecule has 1 aliphatic heterocycles. The predicted octanol–water partition coefficient (Wildman–Crippen LogP) is 3.32. The largest absolute Gasteiger partial charge is 0.301 e. The summed E-state index contributed by atoms with van der Waals surface area (Å²) in [6.45, 7) is 4.50. The molecule has 4 heteroatoms. The van der Waals surface area contributed by atoms with E-state index in [4.69, 9.17) is 0 Å². The number of rotatable bonds is 4. The average molecular weight is 287 g/mol. The van der Waals surface area contributed by atoms with Crippen molar-refractivity contribution in [2.75, 3.05) is 19.6 Å². The van der Waals surface area contributed by atoms with E-state index in [1.54, 1.807) is 0 Å². The van der Waals surface area contributed by atoms with Crippen molar-refractivity contribution in [2.24, 2.45) is 0 Å². The molecule has 0 aliphatic carbocycles. The number of likely N-dealkylation sites (tertiary alicyclic amines) is 1. The van der Waals surface area contributed by atoms with Crippen LogP contribution in [-0.4, -0.2) is 34.3 Å². The Morgan fingerprint density at radius 2 is 1.75 bits per heavy atom. The second kappa shape index (κ2) is 6.46. The van der Waals surface area contributed by atoms with E-state index in [0.29, 0.717) is 0 Å². The molecule has 0 atom stereocenters. The van der Waals surface area contributed by atoms with Gasteiger partial charge in [0.05, 0.1) is 6.54 Å². The van der Waals surface area contributed by atoms with Gasteiger partial charge in [0.15, 0.2) is 0 Å². The van der Waals surface area contributed by atoms with E-state index in [1.807, 2.05) is 22.9 Å². The molecule has 3 nitrogen and oxygen atoms in total. The summed E-state index contributed by atoms with van der Waals surface area (Å²) in [7, 11) is 0. The lowest BCUT2D eigenvalue weighted by Gasteiger charge is -2.26. The normalized spacial score (nSPS) is 16.4. The van der Waals surface area contributed by atoms with Gasteiger partial charge in [0.1, 0.15) is 5.03 Å². The molecule has 0 N–H and O–H groups in total. The summed E-state index contributed by atoms with van der Waals surface area (Å²) < 4.78 is 2.03. The Balaban J connectivity index is 1.66. The van der Waals surface area contributed by atoms with Gasteiger partial charge in [0, 0.05) is 18.3 Å². The maximum absolute atomic E-state index is 4.53. The molecular weight excluding hydrogens is 266 g/mol. The summed E-state index contributed by atoms with van der Waals surface area (Å²) in [6, 6.07) is 10.3. The highest BCUT2D eigenvalue weighted by Crippen LogP contribution is 2.25. The highest BCUT2D eigenvalue weighted by molar-refractivity contribution is 7.80. The van der Waals surface area contributed by atoms with Crippen molar-refractivity contribution < 1.29 is 0 Å². The Labute approximate surface area is 126 Å². The summed E-state index contributed by atoms with van der Waals surface area (Å²) in [5.74, 6) is 0. The van der Waals surface area contributed by atoms with E-state index in [1.165, 1.54) is 37.9 Å². The summed E-state index contributed by atoms with van der Waals surface area (Å²) >= 11 is 4.50. The Bertz CT molecular complexity index is 544. The van der Waals surface area contributed by atoms with Crippen LogP contribution < -0.4 is 0 Å². The SMILES string of the molecule is Sc1nn(CCN2CCCCC2)cc1-c1ccccc1. The van der Waals surface area contributed by atoms with Gasteiger partial charge < -0.3 is 4.90 Å².